The number of ether oxygens (including phenoxy) is 1. The minimum Gasteiger partial charge on any atom is -0.379 e. The average molecular weight is 157 g/mol. The molecule has 66 valence electrons. The summed E-state index contributed by atoms with van der Waals surface area (Å²) in [5.41, 5.74) is 0. The highest BCUT2D eigenvalue weighted by molar-refractivity contribution is 4.70. The van der Waals surface area contributed by atoms with Crippen molar-refractivity contribution in [2.45, 2.75) is 32.7 Å². The van der Waals surface area contributed by atoms with E-state index in [1.54, 1.807) is 0 Å². The van der Waals surface area contributed by atoms with Crippen LogP contribution in [0.2, 0.25) is 0 Å². The molecule has 0 aromatic heterocycles. The van der Waals surface area contributed by atoms with Crippen LogP contribution < -0.4 is 0 Å². The Kier molecular flexibility index (Phi) is 3.87. The van der Waals surface area contributed by atoms with Crippen molar-refractivity contribution in [1.29, 1.82) is 0 Å². The monoisotopic (exact) mass is 157 g/mol. The molecular formula is C9H19NO. The van der Waals surface area contributed by atoms with Crippen LogP contribution in [0.3, 0.4) is 0 Å². The summed E-state index contributed by atoms with van der Waals surface area (Å²) in [5, 5.41) is 0. The highest BCUT2D eigenvalue weighted by Gasteiger charge is 2.16. The first kappa shape index (κ1) is 9.01. The second-order valence-corrected chi connectivity index (χ2v) is 3.12. The summed E-state index contributed by atoms with van der Waals surface area (Å²) in [4.78, 5) is 2.55. The van der Waals surface area contributed by atoms with E-state index in [-0.39, 0.29) is 0 Å². The lowest BCUT2D eigenvalue weighted by molar-refractivity contribution is 0.0150. The van der Waals surface area contributed by atoms with Crippen LogP contribution in [-0.4, -0.2) is 37.2 Å². The second-order valence-electron chi connectivity index (χ2n) is 3.12. The molecule has 0 saturated carbocycles. The van der Waals surface area contributed by atoms with Crippen LogP contribution in [0.25, 0.3) is 0 Å². The van der Waals surface area contributed by atoms with Gasteiger partial charge in [0.1, 0.15) is 0 Å². The van der Waals surface area contributed by atoms with E-state index in [1.165, 1.54) is 12.8 Å². The maximum absolute atomic E-state index is 5.30. The molecule has 1 fully saturated rings. The fourth-order valence-corrected chi connectivity index (χ4v) is 1.75. The Morgan fingerprint density at radius 2 is 1.73 bits per heavy atom. The lowest BCUT2D eigenvalue weighted by Crippen LogP contribution is -2.42. The molecule has 0 radical (unpaired) electrons. The fraction of sp³-hybridized carbons (Fsp3) is 1.00. The van der Waals surface area contributed by atoms with Crippen molar-refractivity contribution < 1.29 is 4.74 Å². The molecule has 0 N–H and O–H groups in total. The first-order valence-electron chi connectivity index (χ1n) is 4.70. The molecule has 11 heavy (non-hydrogen) atoms. The quantitative estimate of drug-likeness (QED) is 0.615. The standard InChI is InChI=1S/C9H19NO/c1-3-9(4-2)10-5-7-11-8-6-10/h9H,3-8H2,1-2H3. The molecule has 1 saturated heterocycles. The summed E-state index contributed by atoms with van der Waals surface area (Å²) in [6.07, 6.45) is 2.55. The summed E-state index contributed by atoms with van der Waals surface area (Å²) < 4.78 is 5.30. The highest BCUT2D eigenvalue weighted by atomic mass is 16.5. The molecule has 1 rings (SSSR count). The highest BCUT2D eigenvalue weighted by Crippen LogP contribution is 2.09. The molecule has 0 atom stereocenters. The zero-order valence-electron chi connectivity index (χ0n) is 7.68. The number of morpholine rings is 1. The predicted octanol–water partition coefficient (Wildman–Crippen LogP) is 1.51. The molecule has 0 bridgehead atoms. The van der Waals surface area contributed by atoms with Crippen LogP contribution in [0, 0.1) is 0 Å². The molecule has 0 aromatic rings. The molecule has 0 unspecified atom stereocenters. The SMILES string of the molecule is CCC(CC)N1CCOCC1. The summed E-state index contributed by atoms with van der Waals surface area (Å²) in [6.45, 7) is 8.65. The molecular weight excluding hydrogens is 138 g/mol. The molecule has 2 nitrogen and oxygen atoms in total. The Morgan fingerprint density at radius 1 is 1.18 bits per heavy atom. The van der Waals surface area contributed by atoms with Crippen molar-refractivity contribution in [3.05, 3.63) is 0 Å². The van der Waals surface area contributed by atoms with Crippen molar-refractivity contribution in [3.8, 4) is 0 Å². The lowest BCUT2D eigenvalue weighted by atomic mass is 10.1. The molecule has 1 aliphatic rings. The zero-order chi connectivity index (χ0) is 8.10. The molecule has 0 aliphatic carbocycles. The largest absolute Gasteiger partial charge is 0.379 e. The Morgan fingerprint density at radius 3 is 2.18 bits per heavy atom. The number of rotatable bonds is 3. The van der Waals surface area contributed by atoms with Gasteiger partial charge in [-0.2, -0.15) is 0 Å². The third-order valence-electron chi connectivity index (χ3n) is 2.50. The summed E-state index contributed by atoms with van der Waals surface area (Å²) in [6, 6.07) is 0.791. The van der Waals surface area contributed by atoms with Crippen LogP contribution in [-0.2, 0) is 4.74 Å². The van der Waals surface area contributed by atoms with Gasteiger partial charge in [0.25, 0.3) is 0 Å². The van der Waals surface area contributed by atoms with E-state index in [1.807, 2.05) is 0 Å². The van der Waals surface area contributed by atoms with E-state index >= 15 is 0 Å². The first-order valence-corrected chi connectivity index (χ1v) is 4.70. The van der Waals surface area contributed by atoms with E-state index in [0.717, 1.165) is 32.3 Å². The second kappa shape index (κ2) is 4.73. The van der Waals surface area contributed by atoms with Crippen molar-refractivity contribution in [1.82, 2.24) is 4.90 Å². The maximum Gasteiger partial charge on any atom is 0.0594 e. The smallest absolute Gasteiger partial charge is 0.0594 e. The van der Waals surface area contributed by atoms with Gasteiger partial charge in [-0.05, 0) is 12.8 Å². The summed E-state index contributed by atoms with van der Waals surface area (Å²) in [7, 11) is 0. The van der Waals surface area contributed by atoms with Gasteiger partial charge in [0, 0.05) is 19.1 Å². The van der Waals surface area contributed by atoms with E-state index < -0.39 is 0 Å². The Balaban J connectivity index is 2.30. The molecule has 0 aromatic carbocycles. The molecule has 1 aliphatic heterocycles. The molecule has 2 heteroatoms. The van der Waals surface area contributed by atoms with Crippen molar-refractivity contribution in [2.24, 2.45) is 0 Å². The number of nitrogens with zero attached hydrogens (tertiary/aromatic N) is 1. The van der Waals surface area contributed by atoms with Crippen LogP contribution in [0.4, 0.5) is 0 Å². The minimum absolute atomic E-state index is 0.791. The fourth-order valence-electron chi connectivity index (χ4n) is 1.75. The number of hydrogen-bond donors (Lipinski definition) is 0. The number of hydrogen-bond acceptors (Lipinski definition) is 2. The van der Waals surface area contributed by atoms with E-state index in [4.69, 9.17) is 4.74 Å². The molecule has 0 spiro atoms. The normalized spacial score (nSPS) is 21.0. The van der Waals surface area contributed by atoms with Crippen molar-refractivity contribution >= 4 is 0 Å². The Bertz CT molecular complexity index is 95.7. The van der Waals surface area contributed by atoms with Gasteiger partial charge in [-0.1, -0.05) is 13.8 Å². The lowest BCUT2D eigenvalue weighted by Gasteiger charge is -2.33. The van der Waals surface area contributed by atoms with Gasteiger partial charge in [-0.25, -0.2) is 0 Å². The Hall–Kier alpha value is -0.0800. The summed E-state index contributed by atoms with van der Waals surface area (Å²) >= 11 is 0. The molecule has 0 amide bonds. The summed E-state index contributed by atoms with van der Waals surface area (Å²) in [5.74, 6) is 0. The van der Waals surface area contributed by atoms with Crippen LogP contribution in [0.1, 0.15) is 26.7 Å². The third kappa shape index (κ3) is 2.46. The molecule has 1 heterocycles. The van der Waals surface area contributed by atoms with Crippen LogP contribution >= 0.6 is 0 Å². The maximum atomic E-state index is 5.30. The van der Waals surface area contributed by atoms with Gasteiger partial charge in [0.15, 0.2) is 0 Å². The Labute approximate surface area is 69.5 Å². The van der Waals surface area contributed by atoms with Gasteiger partial charge < -0.3 is 4.74 Å². The van der Waals surface area contributed by atoms with E-state index in [9.17, 15) is 0 Å². The van der Waals surface area contributed by atoms with Crippen molar-refractivity contribution in [2.75, 3.05) is 26.3 Å². The van der Waals surface area contributed by atoms with Gasteiger partial charge >= 0.3 is 0 Å². The van der Waals surface area contributed by atoms with Gasteiger partial charge in [0.2, 0.25) is 0 Å². The minimum atomic E-state index is 0.791. The topological polar surface area (TPSA) is 12.5 Å². The van der Waals surface area contributed by atoms with Crippen molar-refractivity contribution in [3.63, 3.8) is 0 Å². The third-order valence-corrected chi connectivity index (χ3v) is 2.50. The van der Waals surface area contributed by atoms with Gasteiger partial charge in [0.05, 0.1) is 13.2 Å². The van der Waals surface area contributed by atoms with Gasteiger partial charge in [-0.3, -0.25) is 4.90 Å². The average Bonchev–Trinajstić information content (AvgIpc) is 2.09. The zero-order valence-corrected chi connectivity index (χ0v) is 7.68. The van der Waals surface area contributed by atoms with Crippen LogP contribution in [0.15, 0.2) is 0 Å². The van der Waals surface area contributed by atoms with E-state index in [0.29, 0.717) is 0 Å². The van der Waals surface area contributed by atoms with Crippen LogP contribution in [0.5, 0.6) is 0 Å². The van der Waals surface area contributed by atoms with Gasteiger partial charge in [-0.15, -0.1) is 0 Å². The first-order chi connectivity index (χ1) is 5.38. The predicted molar refractivity (Wildman–Crippen MR) is 46.8 cm³/mol. The van der Waals surface area contributed by atoms with E-state index in [2.05, 4.69) is 18.7 Å².